The summed E-state index contributed by atoms with van der Waals surface area (Å²) in [6, 6.07) is 0. The lowest BCUT2D eigenvalue weighted by Crippen LogP contribution is -2.42. The van der Waals surface area contributed by atoms with E-state index in [-0.39, 0.29) is 56.5 Å². The first kappa shape index (κ1) is 17.2. The summed E-state index contributed by atoms with van der Waals surface area (Å²) in [4.78, 5) is 17.5. The third-order valence-electron chi connectivity index (χ3n) is 3.19. The SMILES string of the molecule is Cl.NCc1nc(C(=O)N2CCC(C(F)(F)F)CC2)cs1. The second-order valence-electron chi connectivity index (χ2n) is 4.44. The average Bonchev–Trinajstić information content (AvgIpc) is 2.86. The number of halogens is 4. The Morgan fingerprint density at radius 2 is 2.05 bits per heavy atom. The van der Waals surface area contributed by atoms with Crippen LogP contribution in [0.1, 0.15) is 28.3 Å². The lowest BCUT2D eigenvalue weighted by atomic mass is 9.96. The van der Waals surface area contributed by atoms with E-state index in [9.17, 15) is 18.0 Å². The minimum Gasteiger partial charge on any atom is -0.337 e. The molecule has 0 saturated carbocycles. The van der Waals surface area contributed by atoms with Gasteiger partial charge < -0.3 is 10.6 Å². The van der Waals surface area contributed by atoms with Gasteiger partial charge in [0, 0.05) is 25.0 Å². The Morgan fingerprint density at radius 3 is 2.50 bits per heavy atom. The van der Waals surface area contributed by atoms with Gasteiger partial charge in [-0.2, -0.15) is 13.2 Å². The predicted molar refractivity (Wildman–Crippen MR) is 71.9 cm³/mol. The zero-order valence-electron chi connectivity index (χ0n) is 10.5. The molecule has 1 aliphatic rings. The van der Waals surface area contributed by atoms with Crippen molar-refractivity contribution in [1.29, 1.82) is 0 Å². The van der Waals surface area contributed by atoms with Gasteiger partial charge in [0.1, 0.15) is 10.7 Å². The molecule has 0 aliphatic carbocycles. The Hall–Kier alpha value is -0.860. The molecular weight excluding hydrogens is 315 g/mol. The number of alkyl halides is 3. The Balaban J connectivity index is 0.00000200. The van der Waals surface area contributed by atoms with E-state index in [0.717, 1.165) is 0 Å². The minimum atomic E-state index is -4.16. The molecule has 2 heterocycles. The fraction of sp³-hybridized carbons (Fsp3) is 0.636. The van der Waals surface area contributed by atoms with Gasteiger partial charge in [0.05, 0.1) is 5.92 Å². The number of rotatable bonds is 2. The molecule has 0 spiro atoms. The second-order valence-corrected chi connectivity index (χ2v) is 5.38. The highest BCUT2D eigenvalue weighted by molar-refractivity contribution is 7.09. The van der Waals surface area contributed by atoms with Crippen molar-refractivity contribution in [3.05, 3.63) is 16.1 Å². The maximum absolute atomic E-state index is 12.5. The van der Waals surface area contributed by atoms with E-state index in [4.69, 9.17) is 5.73 Å². The highest BCUT2D eigenvalue weighted by Gasteiger charge is 2.41. The van der Waals surface area contributed by atoms with Gasteiger partial charge in [0.25, 0.3) is 5.91 Å². The second kappa shape index (κ2) is 6.73. The fourth-order valence-corrected chi connectivity index (χ4v) is 2.72. The molecule has 2 rings (SSSR count). The number of carbonyl (C=O) groups is 1. The Bertz CT molecular complexity index is 458. The van der Waals surface area contributed by atoms with Crippen LogP contribution in [0.2, 0.25) is 0 Å². The van der Waals surface area contributed by atoms with E-state index in [1.54, 1.807) is 5.38 Å². The maximum Gasteiger partial charge on any atom is 0.391 e. The molecule has 1 aromatic heterocycles. The molecule has 1 saturated heterocycles. The molecule has 1 aliphatic heterocycles. The zero-order chi connectivity index (χ0) is 14.0. The quantitative estimate of drug-likeness (QED) is 0.906. The van der Waals surface area contributed by atoms with Crippen LogP contribution >= 0.6 is 23.7 Å². The van der Waals surface area contributed by atoms with E-state index >= 15 is 0 Å². The first-order chi connectivity index (χ1) is 8.91. The van der Waals surface area contributed by atoms with Crippen molar-refractivity contribution in [2.75, 3.05) is 13.1 Å². The van der Waals surface area contributed by atoms with Crippen molar-refractivity contribution in [3.8, 4) is 0 Å². The highest BCUT2D eigenvalue weighted by Crippen LogP contribution is 2.34. The van der Waals surface area contributed by atoms with Gasteiger partial charge in [-0.05, 0) is 12.8 Å². The van der Waals surface area contributed by atoms with Gasteiger partial charge >= 0.3 is 6.18 Å². The summed E-state index contributed by atoms with van der Waals surface area (Å²) in [7, 11) is 0. The van der Waals surface area contributed by atoms with E-state index in [2.05, 4.69) is 4.98 Å². The molecule has 2 N–H and O–H groups in total. The van der Waals surface area contributed by atoms with Crippen LogP contribution in [-0.2, 0) is 6.54 Å². The van der Waals surface area contributed by atoms with Gasteiger partial charge in [0.2, 0.25) is 0 Å². The molecule has 1 aromatic rings. The summed E-state index contributed by atoms with van der Waals surface area (Å²) in [5.41, 5.74) is 5.68. The van der Waals surface area contributed by atoms with Crippen molar-refractivity contribution < 1.29 is 18.0 Å². The van der Waals surface area contributed by atoms with Crippen molar-refractivity contribution in [2.24, 2.45) is 11.7 Å². The van der Waals surface area contributed by atoms with Gasteiger partial charge in [-0.3, -0.25) is 4.79 Å². The smallest absolute Gasteiger partial charge is 0.337 e. The lowest BCUT2D eigenvalue weighted by Gasteiger charge is -2.32. The summed E-state index contributed by atoms with van der Waals surface area (Å²) in [6.45, 7) is 0.505. The predicted octanol–water partition coefficient (Wildman–Crippen LogP) is 2.44. The number of nitrogens with zero attached hydrogens (tertiary/aromatic N) is 2. The van der Waals surface area contributed by atoms with E-state index in [1.165, 1.54) is 16.2 Å². The molecule has 0 aromatic carbocycles. The zero-order valence-corrected chi connectivity index (χ0v) is 12.2. The summed E-state index contributed by atoms with van der Waals surface area (Å²) in [5, 5.41) is 2.24. The Labute approximate surface area is 124 Å². The highest BCUT2D eigenvalue weighted by atomic mass is 35.5. The van der Waals surface area contributed by atoms with E-state index in [1.807, 2.05) is 0 Å². The van der Waals surface area contributed by atoms with Gasteiger partial charge in [-0.15, -0.1) is 23.7 Å². The fourth-order valence-electron chi connectivity index (χ4n) is 2.07. The van der Waals surface area contributed by atoms with Crippen LogP contribution in [-0.4, -0.2) is 35.1 Å². The number of likely N-dealkylation sites (tertiary alicyclic amines) is 1. The molecule has 1 fully saturated rings. The topological polar surface area (TPSA) is 59.2 Å². The number of hydrogen-bond acceptors (Lipinski definition) is 4. The van der Waals surface area contributed by atoms with Crippen molar-refractivity contribution in [1.82, 2.24) is 9.88 Å². The minimum absolute atomic E-state index is 0. The number of carbonyl (C=O) groups excluding carboxylic acids is 1. The summed E-state index contributed by atoms with van der Waals surface area (Å²) >= 11 is 1.28. The van der Waals surface area contributed by atoms with Crippen molar-refractivity contribution >= 4 is 29.7 Å². The summed E-state index contributed by atoms with van der Waals surface area (Å²) in [5.74, 6) is -1.61. The first-order valence-electron chi connectivity index (χ1n) is 5.92. The number of aromatic nitrogens is 1. The van der Waals surface area contributed by atoms with Crippen LogP contribution in [0, 0.1) is 5.92 Å². The molecule has 114 valence electrons. The first-order valence-corrected chi connectivity index (χ1v) is 6.80. The number of piperidine rings is 1. The number of nitrogens with two attached hydrogens (primary N) is 1. The molecule has 20 heavy (non-hydrogen) atoms. The summed E-state index contributed by atoms with van der Waals surface area (Å²) < 4.78 is 37.5. The van der Waals surface area contributed by atoms with Gasteiger partial charge in [-0.25, -0.2) is 4.98 Å². The third kappa shape index (κ3) is 3.83. The van der Waals surface area contributed by atoms with Crippen molar-refractivity contribution in [3.63, 3.8) is 0 Å². The average molecular weight is 330 g/mol. The van der Waals surface area contributed by atoms with Crippen molar-refractivity contribution in [2.45, 2.75) is 25.6 Å². The van der Waals surface area contributed by atoms with Crippen LogP contribution in [0.15, 0.2) is 5.38 Å². The number of amides is 1. The third-order valence-corrected chi connectivity index (χ3v) is 4.06. The van der Waals surface area contributed by atoms with Crippen LogP contribution in [0.5, 0.6) is 0 Å². The number of hydrogen-bond donors (Lipinski definition) is 1. The van der Waals surface area contributed by atoms with Crippen LogP contribution in [0.25, 0.3) is 0 Å². The normalized spacial score (nSPS) is 16.9. The molecular formula is C11H15ClF3N3OS. The molecule has 9 heteroatoms. The van der Waals surface area contributed by atoms with Crippen LogP contribution < -0.4 is 5.73 Å². The monoisotopic (exact) mass is 329 g/mol. The molecule has 0 radical (unpaired) electrons. The Kier molecular flexibility index (Phi) is 5.79. The Morgan fingerprint density at radius 1 is 1.45 bits per heavy atom. The molecule has 1 amide bonds. The van der Waals surface area contributed by atoms with Gasteiger partial charge in [0.15, 0.2) is 0 Å². The van der Waals surface area contributed by atoms with E-state index < -0.39 is 12.1 Å². The lowest BCUT2D eigenvalue weighted by molar-refractivity contribution is -0.183. The van der Waals surface area contributed by atoms with Crippen LogP contribution in [0.4, 0.5) is 13.2 Å². The maximum atomic E-state index is 12.5. The largest absolute Gasteiger partial charge is 0.391 e. The molecule has 0 unspecified atom stereocenters. The molecule has 0 bridgehead atoms. The molecule has 4 nitrogen and oxygen atoms in total. The summed E-state index contributed by atoms with van der Waals surface area (Å²) in [6.07, 6.45) is -4.24. The number of thiazole rings is 1. The molecule has 0 atom stereocenters. The standard InChI is InChI=1S/C11H14F3N3OS.ClH/c12-11(13,14)7-1-3-17(4-2-7)10(18)8-6-19-9(5-15)16-8;/h6-7H,1-5,15H2;1H. The van der Waals surface area contributed by atoms with Gasteiger partial charge in [-0.1, -0.05) is 0 Å². The van der Waals surface area contributed by atoms with Crippen LogP contribution in [0.3, 0.4) is 0 Å². The van der Waals surface area contributed by atoms with E-state index in [0.29, 0.717) is 5.01 Å².